The van der Waals surface area contributed by atoms with Crippen molar-refractivity contribution in [1.82, 2.24) is 4.98 Å². The third kappa shape index (κ3) is 2.79. The number of oxazole rings is 1. The molecule has 3 nitrogen and oxygen atoms in total. The molecular formula is C11H8F4N2O. The summed E-state index contributed by atoms with van der Waals surface area (Å²) < 4.78 is 55.5. The van der Waals surface area contributed by atoms with Crippen molar-refractivity contribution < 1.29 is 22.0 Å². The predicted octanol–water partition coefficient (Wildman–Crippen LogP) is 3.44. The maximum absolute atomic E-state index is 13.3. The number of hydrogen-bond donors (Lipinski definition) is 1. The van der Waals surface area contributed by atoms with Crippen LogP contribution in [0.1, 0.15) is 11.3 Å². The average Bonchev–Trinajstić information content (AvgIpc) is 2.79. The van der Waals surface area contributed by atoms with Crippen LogP contribution in [0.4, 0.5) is 23.2 Å². The van der Waals surface area contributed by atoms with Crippen LogP contribution in [0.3, 0.4) is 0 Å². The Balaban J connectivity index is 2.16. The van der Waals surface area contributed by atoms with Crippen LogP contribution < -0.4 is 5.32 Å². The fraction of sp³-hybridized carbons (Fsp3) is 0.182. The highest BCUT2D eigenvalue weighted by atomic mass is 19.4. The quantitative estimate of drug-likeness (QED) is 0.859. The minimum absolute atomic E-state index is 0.0538. The molecule has 0 atom stereocenters. The number of aromatic nitrogens is 1. The lowest BCUT2D eigenvalue weighted by atomic mass is 10.2. The first-order valence-electron chi connectivity index (χ1n) is 4.95. The van der Waals surface area contributed by atoms with E-state index in [1.165, 1.54) is 12.6 Å². The number of hydrogen-bond acceptors (Lipinski definition) is 3. The van der Waals surface area contributed by atoms with Crippen molar-refractivity contribution in [2.24, 2.45) is 0 Å². The summed E-state index contributed by atoms with van der Waals surface area (Å²) in [7, 11) is 0. The number of nitrogens with zero attached hydrogens (tertiary/aromatic N) is 1. The smallest absolute Gasteiger partial charge is 0.416 e. The van der Waals surface area contributed by atoms with Gasteiger partial charge in [0, 0.05) is 0 Å². The van der Waals surface area contributed by atoms with Crippen LogP contribution in [0.5, 0.6) is 0 Å². The fourth-order valence-corrected chi connectivity index (χ4v) is 1.35. The highest BCUT2D eigenvalue weighted by Crippen LogP contribution is 2.31. The van der Waals surface area contributed by atoms with E-state index in [0.717, 1.165) is 6.07 Å². The van der Waals surface area contributed by atoms with E-state index in [0.29, 0.717) is 17.9 Å². The van der Waals surface area contributed by atoms with E-state index < -0.39 is 17.6 Å². The Morgan fingerprint density at radius 1 is 1.28 bits per heavy atom. The highest BCUT2D eigenvalue weighted by Gasteiger charge is 2.31. The molecule has 0 amide bonds. The summed E-state index contributed by atoms with van der Waals surface area (Å²) in [5.74, 6) is -0.366. The first-order valence-corrected chi connectivity index (χ1v) is 4.95. The molecule has 0 radical (unpaired) electrons. The maximum Gasteiger partial charge on any atom is 0.416 e. The van der Waals surface area contributed by atoms with Crippen LogP contribution in [-0.4, -0.2) is 4.98 Å². The van der Waals surface area contributed by atoms with Crippen molar-refractivity contribution >= 4 is 5.69 Å². The molecule has 0 aliphatic heterocycles. The van der Waals surface area contributed by atoms with E-state index in [9.17, 15) is 17.6 Å². The molecule has 0 fully saturated rings. The largest absolute Gasteiger partial charge is 0.447 e. The van der Waals surface area contributed by atoms with Crippen molar-refractivity contribution in [2.75, 3.05) is 5.32 Å². The van der Waals surface area contributed by atoms with Gasteiger partial charge >= 0.3 is 6.18 Å². The van der Waals surface area contributed by atoms with Crippen LogP contribution in [0.15, 0.2) is 35.2 Å². The second-order valence-electron chi connectivity index (χ2n) is 3.51. The Hall–Kier alpha value is -2.05. The molecule has 0 aliphatic carbocycles. The van der Waals surface area contributed by atoms with Gasteiger partial charge in [-0.3, -0.25) is 0 Å². The predicted molar refractivity (Wildman–Crippen MR) is 55.2 cm³/mol. The molecule has 7 heteroatoms. The van der Waals surface area contributed by atoms with Crippen LogP contribution >= 0.6 is 0 Å². The van der Waals surface area contributed by atoms with E-state index in [2.05, 4.69) is 10.3 Å². The number of rotatable bonds is 3. The topological polar surface area (TPSA) is 38.1 Å². The normalized spacial score (nSPS) is 11.6. The number of nitrogens with one attached hydrogen (secondary N) is 1. The van der Waals surface area contributed by atoms with Crippen molar-refractivity contribution in [3.05, 3.63) is 47.9 Å². The summed E-state index contributed by atoms with van der Waals surface area (Å²) in [6.07, 6.45) is -1.94. The van der Waals surface area contributed by atoms with Gasteiger partial charge < -0.3 is 9.73 Å². The van der Waals surface area contributed by atoms with Gasteiger partial charge in [-0.1, -0.05) is 0 Å². The fourth-order valence-electron chi connectivity index (χ4n) is 1.35. The zero-order valence-electron chi connectivity index (χ0n) is 8.96. The van der Waals surface area contributed by atoms with Crippen molar-refractivity contribution in [3.8, 4) is 0 Å². The summed E-state index contributed by atoms with van der Waals surface area (Å²) >= 11 is 0. The number of anilines is 1. The van der Waals surface area contributed by atoms with Gasteiger partial charge in [0.05, 0.1) is 24.0 Å². The molecule has 96 valence electrons. The van der Waals surface area contributed by atoms with E-state index in [-0.39, 0.29) is 12.2 Å². The lowest BCUT2D eigenvalue weighted by Gasteiger charge is -2.10. The van der Waals surface area contributed by atoms with Gasteiger partial charge in [-0.05, 0) is 18.2 Å². The minimum Gasteiger partial charge on any atom is -0.447 e. The van der Waals surface area contributed by atoms with Gasteiger partial charge in [0.25, 0.3) is 0 Å². The Kier molecular flexibility index (Phi) is 3.22. The van der Waals surface area contributed by atoms with Crippen LogP contribution in [-0.2, 0) is 12.7 Å². The van der Waals surface area contributed by atoms with Crippen LogP contribution in [0.2, 0.25) is 0 Å². The average molecular weight is 260 g/mol. The molecule has 0 unspecified atom stereocenters. The van der Waals surface area contributed by atoms with Crippen molar-refractivity contribution in [3.63, 3.8) is 0 Å². The second-order valence-corrected chi connectivity index (χ2v) is 3.51. The van der Waals surface area contributed by atoms with Crippen molar-refractivity contribution in [1.29, 1.82) is 0 Å². The third-order valence-corrected chi connectivity index (χ3v) is 2.23. The maximum atomic E-state index is 13.3. The first kappa shape index (κ1) is 12.4. The minimum atomic E-state index is -4.50. The molecule has 0 saturated carbocycles. The SMILES string of the molecule is Fc1ccc(C(F)(F)F)cc1NCc1cnco1. The second kappa shape index (κ2) is 4.67. The summed E-state index contributed by atoms with van der Waals surface area (Å²) in [4.78, 5) is 3.63. The molecule has 1 aromatic heterocycles. The molecular weight excluding hydrogens is 252 g/mol. The summed E-state index contributed by atoms with van der Waals surface area (Å²) in [5.41, 5.74) is -1.15. The van der Waals surface area contributed by atoms with Gasteiger partial charge in [0.15, 0.2) is 6.39 Å². The zero-order chi connectivity index (χ0) is 13.2. The van der Waals surface area contributed by atoms with E-state index in [1.54, 1.807) is 0 Å². The summed E-state index contributed by atoms with van der Waals surface area (Å²) in [6, 6.07) is 2.17. The standard InChI is InChI=1S/C11H8F4N2O/c12-9-2-1-7(11(13,14)15)3-10(9)17-5-8-4-16-6-18-8/h1-4,6,17H,5H2. The number of alkyl halides is 3. The molecule has 0 aliphatic rings. The highest BCUT2D eigenvalue weighted by molar-refractivity contribution is 5.48. The zero-order valence-corrected chi connectivity index (χ0v) is 8.96. The molecule has 18 heavy (non-hydrogen) atoms. The Labute approximate surface area is 99.4 Å². The van der Waals surface area contributed by atoms with Crippen molar-refractivity contribution in [2.45, 2.75) is 12.7 Å². The number of benzene rings is 1. The van der Waals surface area contributed by atoms with E-state index >= 15 is 0 Å². The van der Waals surface area contributed by atoms with Crippen LogP contribution in [0.25, 0.3) is 0 Å². The molecule has 2 aromatic rings. The van der Waals surface area contributed by atoms with Gasteiger partial charge in [0.1, 0.15) is 11.6 Å². The van der Waals surface area contributed by atoms with Gasteiger partial charge in [0.2, 0.25) is 0 Å². The van der Waals surface area contributed by atoms with E-state index in [4.69, 9.17) is 4.42 Å². The van der Waals surface area contributed by atoms with Gasteiger partial charge in [-0.25, -0.2) is 9.37 Å². The molecule has 0 bridgehead atoms. The molecule has 0 spiro atoms. The monoisotopic (exact) mass is 260 g/mol. The van der Waals surface area contributed by atoms with Crippen LogP contribution in [0, 0.1) is 5.82 Å². The first-order chi connectivity index (χ1) is 8.47. The third-order valence-electron chi connectivity index (χ3n) is 2.23. The molecule has 1 aromatic carbocycles. The lowest BCUT2D eigenvalue weighted by Crippen LogP contribution is -2.07. The molecule has 2 rings (SSSR count). The number of halogens is 4. The molecule has 1 heterocycles. The van der Waals surface area contributed by atoms with E-state index in [1.807, 2.05) is 0 Å². The van der Waals surface area contributed by atoms with Gasteiger partial charge in [-0.15, -0.1) is 0 Å². The lowest BCUT2D eigenvalue weighted by molar-refractivity contribution is -0.137. The van der Waals surface area contributed by atoms with Gasteiger partial charge in [-0.2, -0.15) is 13.2 Å². The Morgan fingerprint density at radius 3 is 2.67 bits per heavy atom. The Morgan fingerprint density at radius 2 is 2.06 bits per heavy atom. The Bertz CT molecular complexity index is 522. The summed E-state index contributed by atoms with van der Waals surface area (Å²) in [5, 5.41) is 2.52. The molecule has 1 N–H and O–H groups in total. The molecule has 0 saturated heterocycles. The summed E-state index contributed by atoms with van der Waals surface area (Å²) in [6.45, 7) is 0.0538.